The summed E-state index contributed by atoms with van der Waals surface area (Å²) in [6, 6.07) is -26.8. The van der Waals surface area contributed by atoms with E-state index in [2.05, 4.69) is 0 Å². The lowest BCUT2D eigenvalue weighted by Crippen LogP contribution is -1.91. The molecule has 0 aliphatic rings. The first-order chi connectivity index (χ1) is 34.0. The standard InChI is InChI=1S/C44H28O/c1-2-12-30(13-3-1)43-37-17-6-8-19-39(37)44(40-20-9-7-18-38(40)43)31-24-22-29(23-25-31)33-14-4-5-15-34(33)32-26-27-36-35-16-10-11-21-41(35)45-42(36)28-32/h1-28H/i1D,2D,3D,4D,5D,6D,7D,8D,9D,10D,11D,12D,13D,14D,15D,16D,17D,18D,19D,20D,21D,22D,23D,24D,25D,26D,27D,28D. The molecule has 0 N–H and O–H groups in total. The summed E-state index contributed by atoms with van der Waals surface area (Å²) in [5.41, 5.74) is -7.67. The largest absolute Gasteiger partial charge is 0.456 e. The number of hydrogen-bond acceptors (Lipinski definition) is 1. The minimum Gasteiger partial charge on any atom is -0.456 e. The van der Waals surface area contributed by atoms with Gasteiger partial charge in [-0.25, -0.2) is 0 Å². The molecule has 0 aliphatic carbocycles. The predicted octanol–water partition coefficient (Wildman–Crippen LogP) is 12.6. The van der Waals surface area contributed by atoms with Gasteiger partial charge in [-0.2, -0.15) is 0 Å². The van der Waals surface area contributed by atoms with Gasteiger partial charge < -0.3 is 4.42 Å². The number of furan rings is 1. The van der Waals surface area contributed by atoms with Crippen molar-refractivity contribution in [3.05, 3.63) is 169 Å². The average molecular weight is 601 g/mol. The minimum atomic E-state index is -1.16. The summed E-state index contributed by atoms with van der Waals surface area (Å²) < 4.78 is 255. The fraction of sp³-hybridized carbons (Fsp3) is 0. The molecule has 0 fully saturated rings. The van der Waals surface area contributed by atoms with Crippen LogP contribution in [-0.4, -0.2) is 0 Å². The van der Waals surface area contributed by atoms with Gasteiger partial charge in [-0.3, -0.25) is 0 Å². The third kappa shape index (κ3) is 4.17. The minimum absolute atomic E-state index is 0.374. The van der Waals surface area contributed by atoms with Crippen molar-refractivity contribution in [3.63, 3.8) is 0 Å². The Labute approximate surface area is 301 Å². The summed E-state index contributed by atoms with van der Waals surface area (Å²) in [4.78, 5) is 0. The fourth-order valence-electron chi connectivity index (χ4n) is 5.17. The van der Waals surface area contributed by atoms with Gasteiger partial charge in [0.05, 0.1) is 38.4 Å². The van der Waals surface area contributed by atoms with E-state index in [0.717, 1.165) is 0 Å². The van der Waals surface area contributed by atoms with Gasteiger partial charge in [0.2, 0.25) is 0 Å². The molecule has 9 aromatic rings. The Morgan fingerprint density at radius 3 is 1.36 bits per heavy atom. The summed E-state index contributed by atoms with van der Waals surface area (Å²) in [7, 11) is 0. The molecule has 0 saturated carbocycles. The third-order valence-electron chi connectivity index (χ3n) is 7.07. The molecule has 0 aliphatic heterocycles. The topological polar surface area (TPSA) is 13.1 Å². The summed E-state index contributed by atoms with van der Waals surface area (Å²) >= 11 is 0. The highest BCUT2D eigenvalue weighted by atomic mass is 16.3. The van der Waals surface area contributed by atoms with E-state index in [1.54, 1.807) is 0 Å². The monoisotopic (exact) mass is 600 g/mol. The van der Waals surface area contributed by atoms with Crippen LogP contribution in [0.3, 0.4) is 0 Å². The van der Waals surface area contributed by atoms with Crippen molar-refractivity contribution in [2.45, 2.75) is 0 Å². The van der Waals surface area contributed by atoms with Crippen LogP contribution in [0, 0.1) is 0 Å². The second-order valence-corrected chi connectivity index (χ2v) is 9.51. The summed E-state index contributed by atoms with van der Waals surface area (Å²) in [5.74, 6) is 0. The second-order valence-electron chi connectivity index (χ2n) is 9.51. The Hall–Kier alpha value is -5.92. The van der Waals surface area contributed by atoms with E-state index in [4.69, 9.17) is 29.1 Å². The van der Waals surface area contributed by atoms with Crippen LogP contribution in [-0.2, 0) is 0 Å². The molecule has 9 rings (SSSR count). The van der Waals surface area contributed by atoms with E-state index in [1.165, 1.54) is 0 Å². The van der Waals surface area contributed by atoms with Crippen molar-refractivity contribution in [1.29, 1.82) is 0 Å². The predicted molar refractivity (Wildman–Crippen MR) is 190 cm³/mol. The molecular formula is C44H28O. The van der Waals surface area contributed by atoms with Gasteiger partial charge in [0.1, 0.15) is 11.2 Å². The fourth-order valence-corrected chi connectivity index (χ4v) is 5.17. The van der Waals surface area contributed by atoms with Crippen molar-refractivity contribution < 1.29 is 42.8 Å². The first-order valence-electron chi connectivity index (χ1n) is 27.2. The summed E-state index contributed by atoms with van der Waals surface area (Å²) in [6.07, 6.45) is 0. The second kappa shape index (κ2) is 10.4. The van der Waals surface area contributed by atoms with Crippen molar-refractivity contribution >= 4 is 43.5 Å². The lowest BCUT2D eigenvalue weighted by molar-refractivity contribution is 0.669. The molecule has 0 unspecified atom stereocenters. The van der Waals surface area contributed by atoms with Crippen LogP contribution in [0.5, 0.6) is 0 Å². The van der Waals surface area contributed by atoms with Crippen LogP contribution >= 0.6 is 0 Å². The highest BCUT2D eigenvalue weighted by Crippen LogP contribution is 2.44. The number of fused-ring (bicyclic) bond motifs is 5. The maximum atomic E-state index is 9.59. The molecule has 0 saturated heterocycles. The third-order valence-corrected chi connectivity index (χ3v) is 7.07. The van der Waals surface area contributed by atoms with Crippen LogP contribution in [0.1, 0.15) is 38.4 Å². The Morgan fingerprint density at radius 1 is 0.311 bits per heavy atom. The van der Waals surface area contributed by atoms with Crippen LogP contribution in [0.15, 0.2) is 174 Å². The first kappa shape index (κ1) is 10.1. The van der Waals surface area contributed by atoms with E-state index < -0.39 is 252 Å². The van der Waals surface area contributed by atoms with Gasteiger partial charge in [-0.1, -0.05) is 151 Å². The molecule has 1 nitrogen and oxygen atoms in total. The van der Waals surface area contributed by atoms with E-state index >= 15 is 0 Å². The molecule has 0 radical (unpaired) electrons. The molecule has 0 bridgehead atoms. The summed E-state index contributed by atoms with van der Waals surface area (Å²) in [5, 5.41) is -3.73. The van der Waals surface area contributed by atoms with Crippen molar-refractivity contribution in [2.24, 2.45) is 0 Å². The molecule has 1 heteroatoms. The normalized spacial score (nSPS) is 20.3. The molecule has 1 aromatic heterocycles. The molecule has 0 atom stereocenters. The van der Waals surface area contributed by atoms with Crippen LogP contribution < -0.4 is 0 Å². The van der Waals surface area contributed by atoms with Gasteiger partial charge in [-0.15, -0.1) is 0 Å². The van der Waals surface area contributed by atoms with Gasteiger partial charge in [-0.05, 0) is 84.2 Å². The Morgan fingerprint density at radius 2 is 0.733 bits per heavy atom. The van der Waals surface area contributed by atoms with Crippen LogP contribution in [0.2, 0.25) is 0 Å². The highest BCUT2D eigenvalue weighted by Gasteiger charge is 2.17. The SMILES string of the molecule is [2H]c1c([2H])c([2H])c(-c2c3c([2H])c([2H])c([2H])c([2H])c3c(-c3c([2H])c([2H])c(-c4c([2H])c([2H])c([2H])c([2H])c4-c4c([2H])c([2H])c5c(oc6c([2H])c([2H])c([2H])c([2H])c65)c4[2H])c([2H])c3[2H])c3c([2H])c([2H])c([2H])c([2H])c23)c([2H])c1[2H]. The molecular weight excluding hydrogens is 544 g/mol. The van der Waals surface area contributed by atoms with E-state index in [-0.39, 0.29) is 5.39 Å². The highest BCUT2D eigenvalue weighted by molar-refractivity contribution is 6.21. The number of hydrogen-bond donors (Lipinski definition) is 0. The Bertz CT molecular complexity index is 3980. The van der Waals surface area contributed by atoms with Gasteiger partial charge in [0, 0.05) is 10.8 Å². The van der Waals surface area contributed by atoms with E-state index in [0.29, 0.717) is 0 Å². The molecule has 1 heterocycles. The number of benzene rings is 8. The van der Waals surface area contributed by atoms with E-state index in [1.807, 2.05) is 0 Å². The van der Waals surface area contributed by atoms with Gasteiger partial charge in [0.25, 0.3) is 0 Å². The van der Waals surface area contributed by atoms with Crippen molar-refractivity contribution in [3.8, 4) is 44.5 Å². The maximum Gasteiger partial charge on any atom is 0.136 e. The quantitative estimate of drug-likeness (QED) is 0.183. The van der Waals surface area contributed by atoms with Crippen LogP contribution in [0.25, 0.3) is 88.0 Å². The maximum absolute atomic E-state index is 9.59. The average Bonchev–Trinajstić information content (AvgIpc) is 3.77. The van der Waals surface area contributed by atoms with E-state index in [9.17, 15) is 13.7 Å². The zero-order valence-corrected chi connectivity index (χ0v) is 22.4. The molecule has 0 amide bonds. The molecule has 210 valence electrons. The van der Waals surface area contributed by atoms with Crippen molar-refractivity contribution in [2.75, 3.05) is 0 Å². The van der Waals surface area contributed by atoms with Crippen molar-refractivity contribution in [1.82, 2.24) is 0 Å². The molecule has 0 spiro atoms. The zero-order chi connectivity index (χ0) is 54.1. The molecule has 45 heavy (non-hydrogen) atoms. The zero-order valence-electron chi connectivity index (χ0n) is 50.4. The smallest absolute Gasteiger partial charge is 0.136 e. The Balaban J connectivity index is 1.49. The van der Waals surface area contributed by atoms with Gasteiger partial charge in [0.15, 0.2) is 0 Å². The Kier molecular flexibility index (Phi) is 2.32. The van der Waals surface area contributed by atoms with Crippen LogP contribution in [0.4, 0.5) is 0 Å². The summed E-state index contributed by atoms with van der Waals surface area (Å²) in [6.45, 7) is 0. The number of para-hydroxylation sites is 1. The lowest BCUT2D eigenvalue weighted by atomic mass is 9.85. The van der Waals surface area contributed by atoms with Gasteiger partial charge >= 0.3 is 0 Å². The first-order valence-corrected chi connectivity index (χ1v) is 13.2. The lowest BCUT2D eigenvalue weighted by Gasteiger charge is -2.18. The molecule has 8 aromatic carbocycles. The number of rotatable bonds is 4.